The van der Waals surface area contributed by atoms with Crippen molar-refractivity contribution in [1.29, 1.82) is 0 Å². The molecule has 0 amide bonds. The van der Waals surface area contributed by atoms with Crippen molar-refractivity contribution in [3.05, 3.63) is 35.9 Å². The maximum Gasteiger partial charge on any atom is 0.0893 e. The van der Waals surface area contributed by atoms with E-state index in [-0.39, 0.29) is 0 Å². The number of hydrogen-bond donors (Lipinski definition) is 2. The van der Waals surface area contributed by atoms with E-state index in [0.717, 1.165) is 18.4 Å². The van der Waals surface area contributed by atoms with Crippen molar-refractivity contribution < 1.29 is 10.3 Å². The molecule has 0 aliphatic rings. The number of nitrogens with zero attached hydrogens (tertiary/aromatic N) is 1. The van der Waals surface area contributed by atoms with Crippen molar-refractivity contribution in [3.63, 3.8) is 0 Å². The Kier molecular flexibility index (Phi) is 10.4. The molecule has 3 heteroatoms. The number of aliphatic hydroxyl groups excluding tert-OH is 1. The van der Waals surface area contributed by atoms with Crippen molar-refractivity contribution >= 4 is 5.71 Å². The third kappa shape index (κ3) is 8.75. The summed E-state index contributed by atoms with van der Waals surface area (Å²) in [5.41, 5.74) is 1.43. The highest BCUT2D eigenvalue weighted by Crippen LogP contribution is 2.18. The van der Waals surface area contributed by atoms with Crippen LogP contribution in [0, 0.1) is 5.92 Å². The highest BCUT2D eigenvalue weighted by molar-refractivity contribution is 6.00. The second kappa shape index (κ2) is 12.1. The maximum atomic E-state index is 10.2. The molecule has 130 valence electrons. The van der Waals surface area contributed by atoms with Gasteiger partial charge in [-0.3, -0.25) is 0 Å². The zero-order valence-electron chi connectivity index (χ0n) is 14.7. The number of aliphatic hydroxyl groups is 1. The topological polar surface area (TPSA) is 52.8 Å². The highest BCUT2D eigenvalue weighted by Gasteiger charge is 2.13. The van der Waals surface area contributed by atoms with Crippen molar-refractivity contribution in [1.82, 2.24) is 0 Å². The summed E-state index contributed by atoms with van der Waals surface area (Å²) < 4.78 is 0. The van der Waals surface area contributed by atoms with Gasteiger partial charge in [-0.2, -0.15) is 0 Å². The number of benzene rings is 1. The number of rotatable bonds is 12. The minimum Gasteiger partial charge on any atom is -0.411 e. The Hall–Kier alpha value is -1.35. The van der Waals surface area contributed by atoms with Crippen LogP contribution in [0.15, 0.2) is 35.5 Å². The van der Waals surface area contributed by atoms with Crippen LogP contribution in [0.5, 0.6) is 0 Å². The molecule has 2 atom stereocenters. The van der Waals surface area contributed by atoms with Crippen LogP contribution in [0.4, 0.5) is 0 Å². The maximum absolute atomic E-state index is 10.2. The molecule has 0 aliphatic carbocycles. The molecule has 1 aromatic rings. The molecule has 0 saturated heterocycles. The van der Waals surface area contributed by atoms with E-state index >= 15 is 0 Å². The third-order valence-electron chi connectivity index (χ3n) is 4.45. The fraction of sp³-hybridized carbons (Fsp3) is 0.650. The van der Waals surface area contributed by atoms with E-state index in [1.165, 1.54) is 38.5 Å². The van der Waals surface area contributed by atoms with Gasteiger partial charge in [0.15, 0.2) is 0 Å². The summed E-state index contributed by atoms with van der Waals surface area (Å²) in [6.07, 6.45) is 9.61. The lowest BCUT2D eigenvalue weighted by Gasteiger charge is -2.15. The van der Waals surface area contributed by atoms with Crippen molar-refractivity contribution in [2.75, 3.05) is 0 Å². The SMILES string of the molecule is CCCCCCCC(C)CCC(O)C/C(=N/O)c1ccccc1. The molecule has 2 N–H and O–H groups in total. The lowest BCUT2D eigenvalue weighted by Crippen LogP contribution is -2.15. The first-order valence-corrected chi connectivity index (χ1v) is 9.11. The van der Waals surface area contributed by atoms with Crippen LogP contribution < -0.4 is 0 Å². The van der Waals surface area contributed by atoms with Gasteiger partial charge in [0.05, 0.1) is 11.8 Å². The lowest BCUT2D eigenvalue weighted by molar-refractivity contribution is 0.160. The van der Waals surface area contributed by atoms with Crippen LogP contribution >= 0.6 is 0 Å². The Morgan fingerprint density at radius 1 is 1.00 bits per heavy atom. The van der Waals surface area contributed by atoms with E-state index in [9.17, 15) is 5.11 Å². The molecule has 0 saturated carbocycles. The Morgan fingerprint density at radius 3 is 2.35 bits per heavy atom. The van der Waals surface area contributed by atoms with Crippen molar-refractivity contribution in [2.45, 2.75) is 77.7 Å². The van der Waals surface area contributed by atoms with Gasteiger partial charge >= 0.3 is 0 Å². The van der Waals surface area contributed by atoms with E-state index in [1.54, 1.807) is 0 Å². The van der Waals surface area contributed by atoms with Gasteiger partial charge in [-0.05, 0) is 24.3 Å². The smallest absolute Gasteiger partial charge is 0.0893 e. The molecule has 0 radical (unpaired) electrons. The second-order valence-corrected chi connectivity index (χ2v) is 6.66. The summed E-state index contributed by atoms with van der Waals surface area (Å²) in [7, 11) is 0. The van der Waals surface area contributed by atoms with Gasteiger partial charge in [-0.15, -0.1) is 0 Å². The number of hydrogen-bond acceptors (Lipinski definition) is 3. The molecule has 1 rings (SSSR count). The van der Waals surface area contributed by atoms with E-state index < -0.39 is 6.10 Å². The molecule has 0 aliphatic heterocycles. The van der Waals surface area contributed by atoms with Crippen LogP contribution in [0.3, 0.4) is 0 Å². The third-order valence-corrected chi connectivity index (χ3v) is 4.45. The Labute approximate surface area is 141 Å². The van der Waals surface area contributed by atoms with Gasteiger partial charge in [0, 0.05) is 6.42 Å². The first-order valence-electron chi connectivity index (χ1n) is 9.11. The van der Waals surface area contributed by atoms with Gasteiger partial charge in [-0.25, -0.2) is 0 Å². The van der Waals surface area contributed by atoms with Crippen LogP contribution in [0.25, 0.3) is 0 Å². The monoisotopic (exact) mass is 319 g/mol. The Balaban J connectivity index is 2.24. The summed E-state index contributed by atoms with van der Waals surface area (Å²) >= 11 is 0. The first-order chi connectivity index (χ1) is 11.2. The van der Waals surface area contributed by atoms with E-state index in [2.05, 4.69) is 19.0 Å². The molecule has 0 aromatic heterocycles. The first kappa shape index (κ1) is 19.7. The van der Waals surface area contributed by atoms with Crippen LogP contribution in [0.1, 0.15) is 77.2 Å². The van der Waals surface area contributed by atoms with Gasteiger partial charge in [0.2, 0.25) is 0 Å². The molecular weight excluding hydrogens is 286 g/mol. The number of unbranched alkanes of at least 4 members (excludes halogenated alkanes) is 4. The van der Waals surface area contributed by atoms with Crippen molar-refractivity contribution in [3.8, 4) is 0 Å². The molecular formula is C20H33NO2. The quantitative estimate of drug-likeness (QED) is 0.235. The Morgan fingerprint density at radius 2 is 1.70 bits per heavy atom. The molecule has 2 unspecified atom stereocenters. The summed E-state index contributed by atoms with van der Waals surface area (Å²) in [5.74, 6) is 0.650. The fourth-order valence-corrected chi connectivity index (χ4v) is 2.89. The van der Waals surface area contributed by atoms with E-state index in [0.29, 0.717) is 18.1 Å². The molecule has 1 aromatic carbocycles. The standard InChI is InChI=1S/C20H33NO2/c1-3-4-5-6-8-11-17(2)14-15-19(22)16-20(21-23)18-12-9-7-10-13-18/h7,9-10,12-13,17,19,22-23H,3-6,8,11,14-16H2,1-2H3/b21-20-. The average Bonchev–Trinajstić information content (AvgIpc) is 2.58. The molecule has 23 heavy (non-hydrogen) atoms. The van der Waals surface area contributed by atoms with Gasteiger partial charge in [0.25, 0.3) is 0 Å². The van der Waals surface area contributed by atoms with Crippen LogP contribution in [0.2, 0.25) is 0 Å². The van der Waals surface area contributed by atoms with Gasteiger partial charge < -0.3 is 10.3 Å². The summed E-state index contributed by atoms with van der Waals surface area (Å²) in [6, 6.07) is 9.56. The van der Waals surface area contributed by atoms with E-state index in [1.807, 2.05) is 30.3 Å². The summed E-state index contributed by atoms with van der Waals surface area (Å²) in [4.78, 5) is 0. The average molecular weight is 319 g/mol. The molecule has 0 fully saturated rings. The normalized spacial score (nSPS) is 14.7. The van der Waals surface area contributed by atoms with Crippen LogP contribution in [-0.2, 0) is 0 Å². The van der Waals surface area contributed by atoms with Gasteiger partial charge in [-0.1, -0.05) is 87.9 Å². The zero-order valence-corrected chi connectivity index (χ0v) is 14.7. The lowest BCUT2D eigenvalue weighted by atomic mass is 9.94. The predicted octanol–water partition coefficient (Wildman–Crippen LogP) is 5.39. The molecule has 0 spiro atoms. The molecule has 0 bridgehead atoms. The molecule has 0 heterocycles. The number of oxime groups is 1. The molecule has 3 nitrogen and oxygen atoms in total. The Bertz CT molecular complexity index is 431. The fourth-order valence-electron chi connectivity index (χ4n) is 2.89. The minimum absolute atomic E-state index is 0.406. The summed E-state index contributed by atoms with van der Waals surface area (Å²) in [5, 5.41) is 22.7. The summed E-state index contributed by atoms with van der Waals surface area (Å²) in [6.45, 7) is 4.51. The highest BCUT2D eigenvalue weighted by atomic mass is 16.4. The van der Waals surface area contributed by atoms with Crippen molar-refractivity contribution in [2.24, 2.45) is 11.1 Å². The van der Waals surface area contributed by atoms with Crippen LogP contribution in [-0.4, -0.2) is 22.1 Å². The minimum atomic E-state index is -0.441. The second-order valence-electron chi connectivity index (χ2n) is 6.66. The van der Waals surface area contributed by atoms with E-state index in [4.69, 9.17) is 5.21 Å². The predicted molar refractivity (Wildman–Crippen MR) is 97.2 cm³/mol. The van der Waals surface area contributed by atoms with Gasteiger partial charge in [0.1, 0.15) is 0 Å². The largest absolute Gasteiger partial charge is 0.411 e. The zero-order chi connectivity index (χ0) is 16.9.